The van der Waals surface area contributed by atoms with Gasteiger partial charge in [0, 0.05) is 41.8 Å². The third-order valence-electron chi connectivity index (χ3n) is 4.64. The van der Waals surface area contributed by atoms with Crippen molar-refractivity contribution in [2.75, 3.05) is 20.1 Å². The predicted molar refractivity (Wildman–Crippen MR) is 103 cm³/mol. The number of nitrogens with one attached hydrogen (secondary N) is 2. The van der Waals surface area contributed by atoms with E-state index in [1.54, 1.807) is 0 Å². The van der Waals surface area contributed by atoms with Gasteiger partial charge in [-0.05, 0) is 50.2 Å². The summed E-state index contributed by atoms with van der Waals surface area (Å²) in [4.78, 5) is 17.9. The summed E-state index contributed by atoms with van der Waals surface area (Å²) in [6.45, 7) is 6.45. The highest BCUT2D eigenvalue weighted by Gasteiger charge is 2.10. The molecule has 0 spiro atoms. The summed E-state index contributed by atoms with van der Waals surface area (Å²) in [5.74, 6) is -0.0201. The molecule has 0 unspecified atom stereocenters. The van der Waals surface area contributed by atoms with E-state index in [1.165, 1.54) is 11.1 Å². The molecule has 2 aromatic carbocycles. The molecular formula is C21H25N3O. The molecule has 4 heteroatoms. The molecule has 25 heavy (non-hydrogen) atoms. The fourth-order valence-corrected chi connectivity index (χ4v) is 3.04. The number of aromatic nitrogens is 1. The van der Waals surface area contributed by atoms with Crippen LogP contribution in [-0.2, 0) is 6.54 Å². The van der Waals surface area contributed by atoms with Gasteiger partial charge < -0.3 is 15.2 Å². The number of benzene rings is 2. The first kappa shape index (κ1) is 17.2. The molecule has 2 N–H and O–H groups in total. The molecule has 3 rings (SSSR count). The van der Waals surface area contributed by atoms with Gasteiger partial charge in [0.25, 0.3) is 5.91 Å². The lowest BCUT2D eigenvalue weighted by Crippen LogP contribution is -2.32. The van der Waals surface area contributed by atoms with Crippen molar-refractivity contribution in [3.63, 3.8) is 0 Å². The zero-order valence-corrected chi connectivity index (χ0v) is 15.1. The van der Waals surface area contributed by atoms with Crippen LogP contribution in [0.4, 0.5) is 0 Å². The van der Waals surface area contributed by atoms with Gasteiger partial charge in [0.1, 0.15) is 0 Å². The Morgan fingerprint density at radius 1 is 1.12 bits per heavy atom. The van der Waals surface area contributed by atoms with Crippen molar-refractivity contribution in [2.45, 2.75) is 20.4 Å². The van der Waals surface area contributed by atoms with E-state index < -0.39 is 0 Å². The summed E-state index contributed by atoms with van der Waals surface area (Å²) in [6.07, 6.45) is 0. The van der Waals surface area contributed by atoms with Crippen molar-refractivity contribution >= 4 is 16.8 Å². The van der Waals surface area contributed by atoms with Crippen LogP contribution in [-0.4, -0.2) is 35.9 Å². The van der Waals surface area contributed by atoms with Crippen LogP contribution in [0.25, 0.3) is 10.9 Å². The lowest BCUT2D eigenvalue weighted by Gasteiger charge is -2.17. The van der Waals surface area contributed by atoms with Crippen LogP contribution in [0.15, 0.2) is 48.5 Å². The number of hydrogen-bond donors (Lipinski definition) is 2. The fourth-order valence-electron chi connectivity index (χ4n) is 3.04. The highest BCUT2D eigenvalue weighted by molar-refractivity contribution is 5.99. The van der Waals surface area contributed by atoms with Crippen LogP contribution < -0.4 is 5.32 Å². The lowest BCUT2D eigenvalue weighted by molar-refractivity contribution is 0.0950. The second-order valence-corrected chi connectivity index (χ2v) is 6.61. The van der Waals surface area contributed by atoms with Gasteiger partial charge in [-0.2, -0.15) is 0 Å². The zero-order chi connectivity index (χ0) is 17.8. The van der Waals surface area contributed by atoms with Crippen LogP contribution in [0.5, 0.6) is 0 Å². The summed E-state index contributed by atoms with van der Waals surface area (Å²) in [7, 11) is 2.07. The van der Waals surface area contributed by atoms with E-state index in [1.807, 2.05) is 36.4 Å². The number of amides is 1. The average molecular weight is 335 g/mol. The largest absolute Gasteiger partial charge is 0.358 e. The van der Waals surface area contributed by atoms with Gasteiger partial charge >= 0.3 is 0 Å². The van der Waals surface area contributed by atoms with Gasteiger partial charge in [-0.1, -0.05) is 30.3 Å². The number of nitrogens with zero attached hydrogens (tertiary/aromatic N) is 1. The topological polar surface area (TPSA) is 48.1 Å². The molecule has 3 aromatic rings. The summed E-state index contributed by atoms with van der Waals surface area (Å²) in [5, 5.41) is 4.13. The van der Waals surface area contributed by atoms with Crippen LogP contribution in [0.1, 0.15) is 27.2 Å². The molecule has 1 aromatic heterocycles. The van der Waals surface area contributed by atoms with Gasteiger partial charge in [-0.25, -0.2) is 0 Å². The summed E-state index contributed by atoms with van der Waals surface area (Å²) >= 11 is 0. The highest BCUT2D eigenvalue weighted by Crippen LogP contribution is 2.22. The zero-order valence-electron chi connectivity index (χ0n) is 15.1. The van der Waals surface area contributed by atoms with Crippen molar-refractivity contribution in [3.05, 3.63) is 70.9 Å². The fraction of sp³-hybridized carbons (Fsp3) is 0.286. The third-order valence-corrected chi connectivity index (χ3v) is 4.64. The predicted octanol–water partition coefficient (Wildman–Crippen LogP) is 3.65. The molecular weight excluding hydrogens is 310 g/mol. The SMILES string of the molecule is Cc1[nH]c2ccc(C(=O)NCCN(C)Cc3ccccc3)cc2c1C. The van der Waals surface area contributed by atoms with E-state index in [9.17, 15) is 4.79 Å². The molecule has 130 valence electrons. The maximum absolute atomic E-state index is 12.4. The van der Waals surface area contributed by atoms with Crippen LogP contribution >= 0.6 is 0 Å². The Balaban J connectivity index is 1.55. The molecule has 1 amide bonds. The van der Waals surface area contributed by atoms with Crippen molar-refractivity contribution in [3.8, 4) is 0 Å². The van der Waals surface area contributed by atoms with E-state index in [0.717, 1.165) is 29.7 Å². The number of carbonyl (C=O) groups is 1. The molecule has 0 saturated carbocycles. The number of carbonyl (C=O) groups excluding carboxylic acids is 1. The Labute approximate surface area is 148 Å². The average Bonchev–Trinajstić information content (AvgIpc) is 2.89. The molecule has 0 aliphatic carbocycles. The van der Waals surface area contributed by atoms with Gasteiger partial charge in [0.05, 0.1) is 0 Å². The number of aryl methyl sites for hydroxylation is 2. The second-order valence-electron chi connectivity index (χ2n) is 6.61. The van der Waals surface area contributed by atoms with Crippen molar-refractivity contribution in [2.24, 2.45) is 0 Å². The van der Waals surface area contributed by atoms with Gasteiger partial charge in [0.15, 0.2) is 0 Å². The normalized spacial score (nSPS) is 11.2. The number of hydrogen-bond acceptors (Lipinski definition) is 2. The van der Waals surface area contributed by atoms with Crippen LogP contribution in [0.3, 0.4) is 0 Å². The van der Waals surface area contributed by atoms with Crippen molar-refractivity contribution < 1.29 is 4.79 Å². The molecule has 4 nitrogen and oxygen atoms in total. The Hall–Kier alpha value is -2.59. The summed E-state index contributed by atoms with van der Waals surface area (Å²) in [5.41, 5.74) is 5.41. The number of H-pyrrole nitrogens is 1. The minimum absolute atomic E-state index is 0.0201. The van der Waals surface area contributed by atoms with Gasteiger partial charge in [-0.3, -0.25) is 4.79 Å². The number of rotatable bonds is 6. The minimum atomic E-state index is -0.0201. The summed E-state index contributed by atoms with van der Waals surface area (Å²) < 4.78 is 0. The quantitative estimate of drug-likeness (QED) is 0.722. The molecule has 0 aliphatic heterocycles. The molecule has 0 bridgehead atoms. The van der Waals surface area contributed by atoms with Gasteiger partial charge in [0.2, 0.25) is 0 Å². The Morgan fingerprint density at radius 3 is 2.64 bits per heavy atom. The molecule has 1 heterocycles. The first-order valence-corrected chi connectivity index (χ1v) is 8.64. The van der Waals surface area contributed by atoms with Crippen molar-refractivity contribution in [1.82, 2.24) is 15.2 Å². The maximum atomic E-state index is 12.4. The second kappa shape index (κ2) is 7.53. The smallest absolute Gasteiger partial charge is 0.251 e. The van der Waals surface area contributed by atoms with E-state index >= 15 is 0 Å². The number of aromatic amines is 1. The standard InChI is InChI=1S/C21H25N3O/c1-15-16(2)23-20-10-9-18(13-19(15)20)21(25)22-11-12-24(3)14-17-7-5-4-6-8-17/h4-10,13,23H,11-12,14H2,1-3H3,(H,22,25). The first-order chi connectivity index (χ1) is 12.0. The maximum Gasteiger partial charge on any atom is 0.251 e. The number of likely N-dealkylation sites (N-methyl/N-ethyl adjacent to an activating group) is 1. The van der Waals surface area contributed by atoms with Crippen LogP contribution in [0.2, 0.25) is 0 Å². The van der Waals surface area contributed by atoms with Gasteiger partial charge in [-0.15, -0.1) is 0 Å². The van der Waals surface area contributed by atoms with Crippen molar-refractivity contribution in [1.29, 1.82) is 0 Å². The van der Waals surface area contributed by atoms with Crippen LogP contribution in [0, 0.1) is 13.8 Å². The molecule has 0 atom stereocenters. The molecule has 0 aliphatic rings. The van der Waals surface area contributed by atoms with E-state index in [4.69, 9.17) is 0 Å². The van der Waals surface area contributed by atoms with E-state index in [-0.39, 0.29) is 5.91 Å². The van der Waals surface area contributed by atoms with E-state index in [2.05, 4.69) is 48.2 Å². The minimum Gasteiger partial charge on any atom is -0.358 e. The van der Waals surface area contributed by atoms with E-state index in [0.29, 0.717) is 12.1 Å². The summed E-state index contributed by atoms with van der Waals surface area (Å²) in [6, 6.07) is 16.2. The Bertz CT molecular complexity index is 867. The monoisotopic (exact) mass is 335 g/mol. The number of fused-ring (bicyclic) bond motifs is 1. The molecule has 0 saturated heterocycles. The molecule has 0 radical (unpaired) electrons. The Morgan fingerprint density at radius 2 is 1.88 bits per heavy atom. The molecule has 0 fully saturated rings. The lowest BCUT2D eigenvalue weighted by atomic mass is 10.1. The Kier molecular flexibility index (Phi) is 5.19. The first-order valence-electron chi connectivity index (χ1n) is 8.64. The highest BCUT2D eigenvalue weighted by atomic mass is 16.1. The third kappa shape index (κ3) is 4.09.